The molecule has 2 unspecified atom stereocenters. The molecule has 1 aliphatic carbocycles. The maximum atomic E-state index is 11.0. The average Bonchev–Trinajstić information content (AvgIpc) is 2.02. The van der Waals surface area contributed by atoms with Gasteiger partial charge in [0.15, 0.2) is 0 Å². The fourth-order valence-electron chi connectivity index (χ4n) is 1.78. The number of hydrogen-bond donors (Lipinski definition) is 2. The van der Waals surface area contributed by atoms with Gasteiger partial charge in [-0.3, -0.25) is 0 Å². The van der Waals surface area contributed by atoms with Gasteiger partial charge < -0.3 is 5.73 Å². The van der Waals surface area contributed by atoms with E-state index in [-0.39, 0.29) is 12.1 Å². The van der Waals surface area contributed by atoms with E-state index >= 15 is 0 Å². The van der Waals surface area contributed by atoms with Crippen molar-refractivity contribution in [3.8, 4) is 0 Å². The fourth-order valence-corrected chi connectivity index (χ4v) is 2.42. The van der Waals surface area contributed by atoms with Crippen molar-refractivity contribution in [2.75, 3.05) is 7.05 Å². The van der Waals surface area contributed by atoms with Gasteiger partial charge in [0.2, 0.25) is 0 Å². The lowest BCUT2D eigenvalue weighted by molar-refractivity contribution is 0.252. The molecule has 0 aromatic heterocycles. The Morgan fingerprint density at radius 1 is 1.31 bits per heavy atom. The van der Waals surface area contributed by atoms with Crippen molar-refractivity contribution in [3.63, 3.8) is 0 Å². The lowest BCUT2D eigenvalue weighted by Gasteiger charge is -2.33. The van der Waals surface area contributed by atoms with Crippen LogP contribution in [0.1, 0.15) is 25.7 Å². The fraction of sp³-hybridized carbons (Fsp3) is 1.00. The second-order valence-corrected chi connectivity index (χ2v) is 5.18. The van der Waals surface area contributed by atoms with E-state index in [1.165, 1.54) is 11.4 Å². The van der Waals surface area contributed by atoms with Crippen molar-refractivity contribution in [2.24, 2.45) is 10.9 Å². The first kappa shape index (κ1) is 10.9. The largest absolute Gasteiger partial charge is 0.326 e. The standard InChI is InChI=1S/C7H17N3O2S/c1-10(13(9,11)12)7-5-3-2-4-6(7)8/h6-7H,2-5,8H2,1H3,(H2,9,11,12). The van der Waals surface area contributed by atoms with Crippen LogP contribution < -0.4 is 10.9 Å². The molecule has 0 aromatic rings. The average molecular weight is 207 g/mol. The van der Waals surface area contributed by atoms with Crippen LogP contribution in [0.15, 0.2) is 0 Å². The molecule has 78 valence electrons. The zero-order valence-corrected chi connectivity index (χ0v) is 8.63. The van der Waals surface area contributed by atoms with Crippen molar-refractivity contribution >= 4 is 10.2 Å². The van der Waals surface area contributed by atoms with Crippen LogP contribution in [0.25, 0.3) is 0 Å². The summed E-state index contributed by atoms with van der Waals surface area (Å²) in [5.41, 5.74) is 5.81. The lowest BCUT2D eigenvalue weighted by atomic mass is 9.91. The summed E-state index contributed by atoms with van der Waals surface area (Å²) in [5, 5.41) is 5.01. The van der Waals surface area contributed by atoms with E-state index in [2.05, 4.69) is 0 Å². The molecule has 1 fully saturated rings. The molecule has 0 bridgehead atoms. The first-order valence-electron chi connectivity index (χ1n) is 4.44. The molecule has 0 radical (unpaired) electrons. The van der Waals surface area contributed by atoms with Crippen LogP contribution in [0.4, 0.5) is 0 Å². The Balaban J connectivity index is 2.70. The van der Waals surface area contributed by atoms with Crippen LogP contribution in [0.3, 0.4) is 0 Å². The summed E-state index contributed by atoms with van der Waals surface area (Å²) in [6.07, 6.45) is 3.80. The van der Waals surface area contributed by atoms with E-state index in [0.29, 0.717) is 0 Å². The predicted octanol–water partition coefficient (Wildman–Crippen LogP) is -0.608. The molecule has 13 heavy (non-hydrogen) atoms. The third kappa shape index (κ3) is 2.63. The van der Waals surface area contributed by atoms with Crippen LogP contribution in [-0.4, -0.2) is 31.9 Å². The Bertz CT molecular complexity index is 265. The molecule has 1 rings (SSSR count). The molecule has 0 heterocycles. The smallest absolute Gasteiger partial charge is 0.276 e. The highest BCUT2D eigenvalue weighted by Gasteiger charge is 2.30. The molecule has 6 heteroatoms. The molecule has 5 nitrogen and oxygen atoms in total. The highest BCUT2D eigenvalue weighted by atomic mass is 32.2. The van der Waals surface area contributed by atoms with Gasteiger partial charge in [0.1, 0.15) is 0 Å². The van der Waals surface area contributed by atoms with Gasteiger partial charge in [-0.05, 0) is 12.8 Å². The van der Waals surface area contributed by atoms with Gasteiger partial charge in [-0.1, -0.05) is 12.8 Å². The number of rotatable bonds is 2. The molecule has 0 spiro atoms. The van der Waals surface area contributed by atoms with Gasteiger partial charge in [0.05, 0.1) is 0 Å². The number of nitrogens with two attached hydrogens (primary N) is 2. The third-order valence-corrected chi connectivity index (χ3v) is 3.72. The quantitative estimate of drug-likeness (QED) is 0.633. The zero-order chi connectivity index (χ0) is 10.1. The first-order valence-corrected chi connectivity index (χ1v) is 5.94. The molecule has 0 aliphatic heterocycles. The van der Waals surface area contributed by atoms with Gasteiger partial charge in [-0.25, -0.2) is 5.14 Å². The number of likely N-dealkylation sites (N-methyl/N-ethyl adjacent to an activating group) is 1. The molecule has 2 atom stereocenters. The number of nitrogens with zero attached hydrogens (tertiary/aromatic N) is 1. The Morgan fingerprint density at radius 2 is 1.85 bits per heavy atom. The van der Waals surface area contributed by atoms with Gasteiger partial charge >= 0.3 is 0 Å². The van der Waals surface area contributed by atoms with Crippen LogP contribution in [-0.2, 0) is 10.2 Å². The molecule has 4 N–H and O–H groups in total. The number of hydrogen-bond acceptors (Lipinski definition) is 3. The van der Waals surface area contributed by atoms with Gasteiger partial charge in [-0.2, -0.15) is 12.7 Å². The van der Waals surface area contributed by atoms with Crippen molar-refractivity contribution in [1.82, 2.24) is 4.31 Å². The Labute approximate surface area is 79.3 Å². The minimum absolute atomic E-state index is 0.0722. The second-order valence-electron chi connectivity index (χ2n) is 3.58. The topological polar surface area (TPSA) is 89.4 Å². The highest BCUT2D eigenvalue weighted by Crippen LogP contribution is 2.21. The Morgan fingerprint density at radius 3 is 2.31 bits per heavy atom. The first-order chi connectivity index (χ1) is 5.93. The summed E-state index contributed by atoms with van der Waals surface area (Å²) >= 11 is 0. The van der Waals surface area contributed by atoms with Crippen molar-refractivity contribution in [2.45, 2.75) is 37.8 Å². The van der Waals surface area contributed by atoms with Gasteiger partial charge in [-0.15, -0.1) is 0 Å². The minimum Gasteiger partial charge on any atom is -0.326 e. The maximum Gasteiger partial charge on any atom is 0.276 e. The SMILES string of the molecule is CN(C1CCCCC1N)S(N)(=O)=O. The summed E-state index contributed by atoms with van der Waals surface area (Å²) < 4.78 is 23.2. The Hall–Kier alpha value is -0.170. The van der Waals surface area contributed by atoms with E-state index in [1.807, 2.05) is 0 Å². The molecule has 1 aliphatic rings. The van der Waals surface area contributed by atoms with E-state index in [1.54, 1.807) is 0 Å². The maximum absolute atomic E-state index is 11.0. The molecule has 1 saturated carbocycles. The molecule has 0 amide bonds. The molecular weight excluding hydrogens is 190 g/mol. The molecule has 0 aromatic carbocycles. The summed E-state index contributed by atoms with van der Waals surface area (Å²) in [4.78, 5) is 0. The van der Waals surface area contributed by atoms with Crippen molar-refractivity contribution in [3.05, 3.63) is 0 Å². The highest BCUT2D eigenvalue weighted by molar-refractivity contribution is 7.86. The summed E-state index contributed by atoms with van der Waals surface area (Å²) in [6, 6.07) is -0.194. The van der Waals surface area contributed by atoms with E-state index in [0.717, 1.165) is 25.7 Å². The third-order valence-electron chi connectivity index (χ3n) is 2.65. The minimum atomic E-state index is -3.58. The van der Waals surface area contributed by atoms with Crippen LogP contribution in [0.2, 0.25) is 0 Å². The zero-order valence-electron chi connectivity index (χ0n) is 7.81. The molecular formula is C7H17N3O2S. The summed E-state index contributed by atoms with van der Waals surface area (Å²) in [5.74, 6) is 0. The summed E-state index contributed by atoms with van der Waals surface area (Å²) in [7, 11) is -2.09. The van der Waals surface area contributed by atoms with Crippen LogP contribution in [0.5, 0.6) is 0 Å². The molecule has 0 saturated heterocycles. The van der Waals surface area contributed by atoms with Crippen molar-refractivity contribution < 1.29 is 8.42 Å². The lowest BCUT2D eigenvalue weighted by Crippen LogP contribution is -2.51. The van der Waals surface area contributed by atoms with Crippen LogP contribution >= 0.6 is 0 Å². The monoisotopic (exact) mass is 207 g/mol. The normalized spacial score (nSPS) is 30.8. The van der Waals surface area contributed by atoms with Gasteiger partial charge in [0.25, 0.3) is 10.2 Å². The predicted molar refractivity (Wildman–Crippen MR) is 51.1 cm³/mol. The van der Waals surface area contributed by atoms with Gasteiger partial charge in [0, 0.05) is 19.1 Å². The van der Waals surface area contributed by atoms with Crippen LogP contribution in [0, 0.1) is 0 Å². The van der Waals surface area contributed by atoms with E-state index in [9.17, 15) is 8.42 Å². The van der Waals surface area contributed by atoms with E-state index < -0.39 is 10.2 Å². The Kier molecular flexibility index (Phi) is 3.28. The summed E-state index contributed by atoms with van der Waals surface area (Å²) in [6.45, 7) is 0. The van der Waals surface area contributed by atoms with Crippen molar-refractivity contribution in [1.29, 1.82) is 0 Å². The van der Waals surface area contributed by atoms with E-state index in [4.69, 9.17) is 10.9 Å². The second kappa shape index (κ2) is 3.91.